The van der Waals surface area contributed by atoms with E-state index in [1.165, 1.54) is 0 Å². The first kappa shape index (κ1) is 6.65. The smallest absolute Gasteiger partial charge is 0.336 e. The third-order valence-corrected chi connectivity index (χ3v) is 2.12. The van der Waals surface area contributed by atoms with Crippen molar-refractivity contribution < 1.29 is 9.53 Å². The van der Waals surface area contributed by atoms with E-state index in [0.29, 0.717) is 5.92 Å². The molecule has 2 heteroatoms. The van der Waals surface area contributed by atoms with Crippen LogP contribution in [-0.4, -0.2) is 5.97 Å². The van der Waals surface area contributed by atoms with Gasteiger partial charge in [-0.15, -0.1) is 0 Å². The van der Waals surface area contributed by atoms with Crippen LogP contribution in [0.15, 0.2) is 23.5 Å². The Morgan fingerprint density at radius 1 is 1.64 bits per heavy atom. The third kappa shape index (κ3) is 1.09. The highest BCUT2D eigenvalue weighted by molar-refractivity contribution is 5.88. The number of rotatable bonds is 0. The van der Waals surface area contributed by atoms with Crippen molar-refractivity contribution in [3.8, 4) is 0 Å². The van der Waals surface area contributed by atoms with Crippen LogP contribution in [0.2, 0.25) is 0 Å². The van der Waals surface area contributed by atoms with Crippen molar-refractivity contribution in [2.75, 3.05) is 0 Å². The van der Waals surface area contributed by atoms with E-state index in [-0.39, 0.29) is 5.97 Å². The predicted molar refractivity (Wildman–Crippen MR) is 40.7 cm³/mol. The van der Waals surface area contributed by atoms with Crippen molar-refractivity contribution in [2.24, 2.45) is 5.92 Å². The molecule has 0 amide bonds. The van der Waals surface area contributed by atoms with Crippen molar-refractivity contribution in [3.63, 3.8) is 0 Å². The van der Waals surface area contributed by atoms with Gasteiger partial charge in [-0.2, -0.15) is 0 Å². The Kier molecular flexibility index (Phi) is 1.34. The van der Waals surface area contributed by atoms with Gasteiger partial charge in [0.2, 0.25) is 0 Å². The SMILES string of the molecule is CC1C=C2OC(=O)C=C2CC1. The summed E-state index contributed by atoms with van der Waals surface area (Å²) in [5.41, 5.74) is 1.08. The molecule has 2 nitrogen and oxygen atoms in total. The second-order valence-electron chi connectivity index (χ2n) is 3.14. The largest absolute Gasteiger partial charge is 0.423 e. The minimum Gasteiger partial charge on any atom is -0.423 e. The summed E-state index contributed by atoms with van der Waals surface area (Å²) >= 11 is 0. The lowest BCUT2D eigenvalue weighted by atomic mass is 9.93. The van der Waals surface area contributed by atoms with Gasteiger partial charge in [0.25, 0.3) is 0 Å². The summed E-state index contributed by atoms with van der Waals surface area (Å²) in [5.74, 6) is 1.14. The van der Waals surface area contributed by atoms with Gasteiger partial charge in [-0.1, -0.05) is 6.92 Å². The van der Waals surface area contributed by atoms with Crippen LogP contribution in [0.25, 0.3) is 0 Å². The monoisotopic (exact) mass is 150 g/mol. The zero-order valence-electron chi connectivity index (χ0n) is 6.46. The summed E-state index contributed by atoms with van der Waals surface area (Å²) in [6, 6.07) is 0. The molecule has 0 spiro atoms. The molecule has 0 bridgehead atoms. The van der Waals surface area contributed by atoms with Gasteiger partial charge >= 0.3 is 5.97 Å². The molecule has 0 N–H and O–H groups in total. The average molecular weight is 150 g/mol. The molecule has 1 heterocycles. The van der Waals surface area contributed by atoms with Crippen molar-refractivity contribution in [1.29, 1.82) is 0 Å². The summed E-state index contributed by atoms with van der Waals surface area (Å²) < 4.78 is 4.97. The average Bonchev–Trinajstić information content (AvgIpc) is 2.27. The van der Waals surface area contributed by atoms with Crippen LogP contribution in [0.1, 0.15) is 19.8 Å². The Bertz CT molecular complexity index is 261. The lowest BCUT2D eigenvalue weighted by Crippen LogP contribution is -2.02. The van der Waals surface area contributed by atoms with E-state index in [1.807, 2.05) is 6.08 Å². The van der Waals surface area contributed by atoms with Gasteiger partial charge in [-0.3, -0.25) is 0 Å². The Balaban J connectivity index is 2.33. The highest BCUT2D eigenvalue weighted by Gasteiger charge is 2.23. The summed E-state index contributed by atoms with van der Waals surface area (Å²) in [7, 11) is 0. The van der Waals surface area contributed by atoms with E-state index >= 15 is 0 Å². The van der Waals surface area contributed by atoms with Gasteiger partial charge in [0.1, 0.15) is 5.76 Å². The molecular formula is C9H10O2. The zero-order chi connectivity index (χ0) is 7.84. The molecule has 1 atom stereocenters. The summed E-state index contributed by atoms with van der Waals surface area (Å²) in [6.07, 6.45) is 5.74. The van der Waals surface area contributed by atoms with Crippen LogP contribution >= 0.6 is 0 Å². The molecule has 0 saturated heterocycles. The van der Waals surface area contributed by atoms with Crippen molar-refractivity contribution >= 4 is 5.97 Å². The second-order valence-corrected chi connectivity index (χ2v) is 3.14. The highest BCUT2D eigenvalue weighted by Crippen LogP contribution is 2.31. The lowest BCUT2D eigenvalue weighted by Gasteiger charge is -2.14. The number of esters is 1. The molecule has 58 valence electrons. The predicted octanol–water partition coefficient (Wildman–Crippen LogP) is 1.78. The van der Waals surface area contributed by atoms with E-state index in [1.54, 1.807) is 6.08 Å². The van der Waals surface area contributed by atoms with Gasteiger partial charge in [0, 0.05) is 11.6 Å². The van der Waals surface area contributed by atoms with Gasteiger partial charge < -0.3 is 4.74 Å². The first-order valence-corrected chi connectivity index (χ1v) is 3.90. The Hall–Kier alpha value is -1.05. The summed E-state index contributed by atoms with van der Waals surface area (Å²) in [6.45, 7) is 2.13. The van der Waals surface area contributed by atoms with Crippen molar-refractivity contribution in [3.05, 3.63) is 23.5 Å². The molecule has 2 aliphatic rings. The van der Waals surface area contributed by atoms with Crippen LogP contribution in [0, 0.1) is 5.92 Å². The zero-order valence-corrected chi connectivity index (χ0v) is 6.46. The van der Waals surface area contributed by atoms with E-state index in [0.717, 1.165) is 24.2 Å². The third-order valence-electron chi connectivity index (χ3n) is 2.12. The molecule has 0 radical (unpaired) electrons. The number of hydrogen-bond donors (Lipinski definition) is 0. The summed E-state index contributed by atoms with van der Waals surface area (Å²) in [5, 5.41) is 0. The quantitative estimate of drug-likeness (QED) is 0.492. The molecule has 2 rings (SSSR count). The fraction of sp³-hybridized carbons (Fsp3) is 0.444. The van der Waals surface area contributed by atoms with Crippen LogP contribution in [0.5, 0.6) is 0 Å². The van der Waals surface area contributed by atoms with Crippen molar-refractivity contribution in [2.45, 2.75) is 19.8 Å². The van der Waals surface area contributed by atoms with Crippen LogP contribution in [0.3, 0.4) is 0 Å². The molecule has 0 aromatic heterocycles. The maximum atomic E-state index is 10.8. The molecule has 1 unspecified atom stereocenters. The summed E-state index contributed by atoms with van der Waals surface area (Å²) in [4.78, 5) is 10.8. The molecular weight excluding hydrogens is 140 g/mol. The molecule has 0 aromatic carbocycles. The van der Waals surface area contributed by atoms with Crippen LogP contribution in [-0.2, 0) is 9.53 Å². The van der Waals surface area contributed by atoms with E-state index in [4.69, 9.17) is 4.74 Å². The number of allylic oxidation sites excluding steroid dienone is 2. The molecule has 1 aliphatic carbocycles. The van der Waals surface area contributed by atoms with Crippen LogP contribution < -0.4 is 0 Å². The Morgan fingerprint density at radius 3 is 3.27 bits per heavy atom. The van der Waals surface area contributed by atoms with Gasteiger partial charge in [-0.25, -0.2) is 4.79 Å². The fourth-order valence-electron chi connectivity index (χ4n) is 1.48. The number of fused-ring (bicyclic) bond motifs is 1. The van der Waals surface area contributed by atoms with Gasteiger partial charge in [0.15, 0.2) is 0 Å². The van der Waals surface area contributed by atoms with Gasteiger partial charge in [-0.05, 0) is 24.8 Å². The number of hydrogen-bond acceptors (Lipinski definition) is 2. The first-order valence-electron chi connectivity index (χ1n) is 3.90. The first-order chi connectivity index (χ1) is 5.25. The van der Waals surface area contributed by atoms with Gasteiger partial charge in [0.05, 0.1) is 0 Å². The fourth-order valence-corrected chi connectivity index (χ4v) is 1.48. The maximum Gasteiger partial charge on any atom is 0.336 e. The standard InChI is InChI=1S/C9H10O2/c1-6-2-3-7-5-9(10)11-8(7)4-6/h4-6H,2-3H2,1H3. The number of carbonyl (C=O) groups is 1. The molecule has 1 aliphatic heterocycles. The minimum atomic E-state index is -0.208. The number of carbonyl (C=O) groups excluding carboxylic acids is 1. The van der Waals surface area contributed by atoms with E-state index in [9.17, 15) is 4.79 Å². The number of ether oxygens (including phenoxy) is 1. The van der Waals surface area contributed by atoms with Crippen LogP contribution in [0.4, 0.5) is 0 Å². The van der Waals surface area contributed by atoms with E-state index in [2.05, 4.69) is 6.92 Å². The molecule has 0 aromatic rings. The van der Waals surface area contributed by atoms with E-state index < -0.39 is 0 Å². The molecule has 0 saturated carbocycles. The molecule has 0 fully saturated rings. The minimum absolute atomic E-state index is 0.208. The Morgan fingerprint density at radius 2 is 2.45 bits per heavy atom. The molecule has 11 heavy (non-hydrogen) atoms. The Labute approximate surface area is 65.5 Å². The van der Waals surface area contributed by atoms with Crippen molar-refractivity contribution in [1.82, 2.24) is 0 Å². The maximum absolute atomic E-state index is 10.8. The topological polar surface area (TPSA) is 26.3 Å². The highest BCUT2D eigenvalue weighted by atomic mass is 16.5. The normalized spacial score (nSPS) is 28.8. The lowest BCUT2D eigenvalue weighted by molar-refractivity contribution is -0.132. The second kappa shape index (κ2) is 2.22.